The van der Waals surface area contributed by atoms with Gasteiger partial charge in [-0.2, -0.15) is 0 Å². The van der Waals surface area contributed by atoms with Crippen molar-refractivity contribution in [1.82, 2.24) is 10.2 Å². The van der Waals surface area contributed by atoms with Crippen molar-refractivity contribution >= 4 is 5.91 Å². The van der Waals surface area contributed by atoms with E-state index in [0.717, 1.165) is 25.8 Å². The molecule has 3 unspecified atom stereocenters. The van der Waals surface area contributed by atoms with Crippen LogP contribution in [0.3, 0.4) is 0 Å². The standard InChI is InChI=1S/C14H28N2O/c1-6-8-12-15-13(11(5)7-2)14(17)16(12)9-10(3)4/h10-13,15H,6-9H2,1-5H3. The van der Waals surface area contributed by atoms with Crippen molar-refractivity contribution in [2.75, 3.05) is 6.54 Å². The fourth-order valence-electron chi connectivity index (χ4n) is 2.47. The molecule has 1 aliphatic heterocycles. The zero-order valence-electron chi connectivity index (χ0n) is 12.0. The maximum atomic E-state index is 12.4. The summed E-state index contributed by atoms with van der Waals surface area (Å²) in [5.41, 5.74) is 0. The first-order chi connectivity index (χ1) is 8.01. The lowest BCUT2D eigenvalue weighted by atomic mass is 9.99. The molecule has 1 amide bonds. The molecule has 1 N–H and O–H groups in total. The van der Waals surface area contributed by atoms with Crippen molar-refractivity contribution in [2.24, 2.45) is 11.8 Å². The van der Waals surface area contributed by atoms with Crippen LogP contribution < -0.4 is 5.32 Å². The van der Waals surface area contributed by atoms with E-state index in [0.29, 0.717) is 17.7 Å². The van der Waals surface area contributed by atoms with Crippen molar-refractivity contribution in [3.63, 3.8) is 0 Å². The lowest BCUT2D eigenvalue weighted by Crippen LogP contribution is -2.39. The number of hydrogen-bond acceptors (Lipinski definition) is 2. The van der Waals surface area contributed by atoms with Gasteiger partial charge in [-0.3, -0.25) is 10.1 Å². The molecule has 1 fully saturated rings. The molecule has 1 heterocycles. The third kappa shape index (κ3) is 3.44. The van der Waals surface area contributed by atoms with E-state index in [1.165, 1.54) is 0 Å². The number of amides is 1. The van der Waals surface area contributed by atoms with Crippen LogP contribution in [-0.2, 0) is 4.79 Å². The minimum absolute atomic E-state index is 0.0373. The van der Waals surface area contributed by atoms with Crippen LogP contribution in [0.15, 0.2) is 0 Å². The van der Waals surface area contributed by atoms with Crippen LogP contribution in [0.2, 0.25) is 0 Å². The second-order valence-electron chi connectivity index (χ2n) is 5.72. The van der Waals surface area contributed by atoms with Gasteiger partial charge < -0.3 is 4.90 Å². The van der Waals surface area contributed by atoms with Crippen molar-refractivity contribution < 1.29 is 4.79 Å². The molecule has 0 aromatic carbocycles. The molecular formula is C14H28N2O. The molecule has 0 saturated carbocycles. The second-order valence-corrected chi connectivity index (χ2v) is 5.72. The van der Waals surface area contributed by atoms with Crippen LogP contribution in [0.1, 0.15) is 53.9 Å². The Morgan fingerprint density at radius 1 is 1.29 bits per heavy atom. The molecule has 0 aromatic heterocycles. The highest BCUT2D eigenvalue weighted by molar-refractivity contribution is 5.84. The normalized spacial score (nSPS) is 26.9. The maximum Gasteiger partial charge on any atom is 0.241 e. The molecule has 3 nitrogen and oxygen atoms in total. The van der Waals surface area contributed by atoms with Gasteiger partial charge in [0.25, 0.3) is 0 Å². The van der Waals surface area contributed by atoms with Gasteiger partial charge in [0.2, 0.25) is 5.91 Å². The zero-order chi connectivity index (χ0) is 13.0. The highest BCUT2D eigenvalue weighted by Crippen LogP contribution is 2.22. The van der Waals surface area contributed by atoms with E-state index in [9.17, 15) is 4.79 Å². The monoisotopic (exact) mass is 240 g/mol. The second kappa shape index (κ2) is 6.39. The van der Waals surface area contributed by atoms with E-state index in [2.05, 4.69) is 44.8 Å². The van der Waals surface area contributed by atoms with Gasteiger partial charge in [-0.1, -0.05) is 47.5 Å². The van der Waals surface area contributed by atoms with Gasteiger partial charge in [-0.25, -0.2) is 0 Å². The van der Waals surface area contributed by atoms with Gasteiger partial charge in [0.05, 0.1) is 12.2 Å². The van der Waals surface area contributed by atoms with Crippen molar-refractivity contribution in [3.8, 4) is 0 Å². The Balaban J connectivity index is 2.74. The van der Waals surface area contributed by atoms with Crippen molar-refractivity contribution in [2.45, 2.75) is 66.1 Å². The number of nitrogens with one attached hydrogen (secondary N) is 1. The third-order valence-electron chi connectivity index (χ3n) is 3.63. The van der Waals surface area contributed by atoms with Gasteiger partial charge >= 0.3 is 0 Å². The molecule has 3 heteroatoms. The molecule has 1 aliphatic rings. The van der Waals surface area contributed by atoms with Crippen molar-refractivity contribution in [3.05, 3.63) is 0 Å². The summed E-state index contributed by atoms with van der Waals surface area (Å²) in [5.74, 6) is 1.28. The predicted molar refractivity (Wildman–Crippen MR) is 71.6 cm³/mol. The van der Waals surface area contributed by atoms with Gasteiger partial charge in [0.1, 0.15) is 0 Å². The third-order valence-corrected chi connectivity index (χ3v) is 3.63. The average molecular weight is 240 g/mol. The number of hydrogen-bond donors (Lipinski definition) is 1. The zero-order valence-corrected chi connectivity index (χ0v) is 12.0. The highest BCUT2D eigenvalue weighted by Gasteiger charge is 2.40. The summed E-state index contributed by atoms with van der Waals surface area (Å²) in [5, 5.41) is 3.52. The highest BCUT2D eigenvalue weighted by atomic mass is 16.2. The quantitative estimate of drug-likeness (QED) is 0.774. The largest absolute Gasteiger partial charge is 0.326 e. The summed E-state index contributed by atoms with van der Waals surface area (Å²) in [6.07, 6.45) is 3.49. The Morgan fingerprint density at radius 3 is 2.41 bits per heavy atom. The summed E-state index contributed by atoms with van der Waals surface area (Å²) in [6, 6.07) is 0.0373. The van der Waals surface area contributed by atoms with E-state index < -0.39 is 0 Å². The van der Waals surface area contributed by atoms with Crippen LogP contribution in [0.4, 0.5) is 0 Å². The average Bonchev–Trinajstić information content (AvgIpc) is 2.57. The van der Waals surface area contributed by atoms with E-state index in [1.807, 2.05) is 0 Å². The van der Waals surface area contributed by atoms with E-state index in [4.69, 9.17) is 0 Å². The molecule has 0 radical (unpaired) electrons. The number of carbonyl (C=O) groups is 1. The summed E-state index contributed by atoms with van der Waals surface area (Å²) in [7, 11) is 0. The minimum Gasteiger partial charge on any atom is -0.326 e. The molecule has 0 bridgehead atoms. The Bertz CT molecular complexity index is 253. The maximum absolute atomic E-state index is 12.4. The van der Waals surface area contributed by atoms with Crippen LogP contribution in [0.5, 0.6) is 0 Å². The molecule has 1 rings (SSSR count). The molecule has 3 atom stereocenters. The fraction of sp³-hybridized carbons (Fsp3) is 0.929. The Hall–Kier alpha value is -0.570. The van der Waals surface area contributed by atoms with Gasteiger partial charge in [0, 0.05) is 6.54 Å². The number of nitrogens with zero attached hydrogens (tertiary/aromatic N) is 1. The topological polar surface area (TPSA) is 32.3 Å². The number of rotatable bonds is 6. The van der Waals surface area contributed by atoms with Crippen LogP contribution in [0.25, 0.3) is 0 Å². The fourth-order valence-corrected chi connectivity index (χ4v) is 2.47. The van der Waals surface area contributed by atoms with E-state index in [1.54, 1.807) is 0 Å². The van der Waals surface area contributed by atoms with Gasteiger partial charge in [-0.15, -0.1) is 0 Å². The molecule has 0 spiro atoms. The van der Waals surface area contributed by atoms with Gasteiger partial charge in [0.15, 0.2) is 0 Å². The number of carbonyl (C=O) groups excluding carboxylic acids is 1. The van der Waals surface area contributed by atoms with Crippen LogP contribution in [-0.4, -0.2) is 29.6 Å². The minimum atomic E-state index is 0.0373. The molecule has 1 saturated heterocycles. The van der Waals surface area contributed by atoms with Crippen LogP contribution >= 0.6 is 0 Å². The van der Waals surface area contributed by atoms with E-state index in [-0.39, 0.29) is 12.2 Å². The van der Waals surface area contributed by atoms with E-state index >= 15 is 0 Å². The molecule has 0 aliphatic carbocycles. The van der Waals surface area contributed by atoms with Crippen LogP contribution in [0, 0.1) is 11.8 Å². The SMILES string of the molecule is CCCC1NC(C(C)CC)C(=O)N1CC(C)C. The summed E-state index contributed by atoms with van der Waals surface area (Å²) < 4.78 is 0. The Labute approximate surface area is 106 Å². The molecule has 17 heavy (non-hydrogen) atoms. The smallest absolute Gasteiger partial charge is 0.241 e. The first-order valence-corrected chi connectivity index (χ1v) is 7.07. The summed E-state index contributed by atoms with van der Waals surface area (Å²) in [6.45, 7) is 11.7. The Kier molecular flexibility index (Phi) is 5.44. The summed E-state index contributed by atoms with van der Waals surface area (Å²) in [4.78, 5) is 14.5. The lowest BCUT2D eigenvalue weighted by Gasteiger charge is -2.25. The molecular weight excluding hydrogens is 212 g/mol. The summed E-state index contributed by atoms with van der Waals surface area (Å²) >= 11 is 0. The molecule has 100 valence electrons. The lowest BCUT2D eigenvalue weighted by molar-refractivity contribution is -0.131. The predicted octanol–water partition coefficient (Wildman–Crippen LogP) is 2.62. The molecule has 0 aromatic rings. The van der Waals surface area contributed by atoms with Crippen molar-refractivity contribution in [1.29, 1.82) is 0 Å². The first-order valence-electron chi connectivity index (χ1n) is 7.07. The Morgan fingerprint density at radius 2 is 1.94 bits per heavy atom. The first kappa shape index (κ1) is 14.5. The van der Waals surface area contributed by atoms with Gasteiger partial charge in [-0.05, 0) is 18.3 Å².